The van der Waals surface area contributed by atoms with E-state index in [0.717, 1.165) is 43.1 Å². The Hall–Kier alpha value is -4.40. The van der Waals surface area contributed by atoms with Crippen LogP contribution in [0.5, 0.6) is 0 Å². The summed E-state index contributed by atoms with van der Waals surface area (Å²) in [7, 11) is 0. The SMILES string of the molecule is NC(=O)c1cccc(-c2cccnc2C(Cc2cc(F)cc(F)c2)NC(=O)Cn2cnc3c2CCCC3)c1. The summed E-state index contributed by atoms with van der Waals surface area (Å²) < 4.78 is 29.9. The molecule has 0 radical (unpaired) electrons. The van der Waals surface area contributed by atoms with Crippen molar-refractivity contribution in [3.05, 3.63) is 107 Å². The summed E-state index contributed by atoms with van der Waals surface area (Å²) in [6.45, 7) is 0.0652. The van der Waals surface area contributed by atoms with Crippen LogP contribution < -0.4 is 11.1 Å². The molecule has 7 nitrogen and oxygen atoms in total. The van der Waals surface area contributed by atoms with Crippen LogP contribution in [0.3, 0.4) is 0 Å². The Morgan fingerprint density at radius 3 is 2.58 bits per heavy atom. The lowest BCUT2D eigenvalue weighted by molar-refractivity contribution is -0.122. The molecule has 3 N–H and O–H groups in total. The molecule has 9 heteroatoms. The van der Waals surface area contributed by atoms with Crippen molar-refractivity contribution >= 4 is 11.8 Å². The molecular formula is C29H27F2N5O2. The number of pyridine rings is 1. The molecular weight excluding hydrogens is 488 g/mol. The van der Waals surface area contributed by atoms with Gasteiger partial charge in [0.25, 0.3) is 0 Å². The first-order chi connectivity index (χ1) is 18.4. The van der Waals surface area contributed by atoms with Crippen LogP contribution in [0.2, 0.25) is 0 Å². The summed E-state index contributed by atoms with van der Waals surface area (Å²) in [6, 6.07) is 12.9. The summed E-state index contributed by atoms with van der Waals surface area (Å²) >= 11 is 0. The molecule has 0 aliphatic heterocycles. The van der Waals surface area contributed by atoms with E-state index in [-0.39, 0.29) is 18.9 Å². The number of aryl methyl sites for hydroxylation is 1. The van der Waals surface area contributed by atoms with E-state index in [2.05, 4.69) is 15.3 Å². The number of nitrogens with two attached hydrogens (primary N) is 1. The normalized spacial score (nSPS) is 13.5. The lowest BCUT2D eigenvalue weighted by Crippen LogP contribution is -2.34. The van der Waals surface area contributed by atoms with Gasteiger partial charge in [-0.05, 0) is 73.6 Å². The van der Waals surface area contributed by atoms with E-state index in [9.17, 15) is 18.4 Å². The summed E-state index contributed by atoms with van der Waals surface area (Å²) in [5, 5.41) is 3.03. The molecule has 0 bridgehead atoms. The van der Waals surface area contributed by atoms with E-state index in [0.29, 0.717) is 27.9 Å². The molecule has 5 rings (SSSR count). The second-order valence-corrected chi connectivity index (χ2v) is 9.46. The lowest BCUT2D eigenvalue weighted by atomic mass is 9.94. The molecule has 0 saturated heterocycles. The van der Waals surface area contributed by atoms with Gasteiger partial charge in [0, 0.05) is 29.1 Å². The van der Waals surface area contributed by atoms with Gasteiger partial charge in [-0.15, -0.1) is 0 Å². The van der Waals surface area contributed by atoms with Crippen LogP contribution in [-0.2, 0) is 30.6 Å². The Morgan fingerprint density at radius 1 is 1.00 bits per heavy atom. The van der Waals surface area contributed by atoms with Crippen LogP contribution in [-0.4, -0.2) is 26.3 Å². The molecule has 2 aromatic carbocycles. The van der Waals surface area contributed by atoms with Gasteiger partial charge >= 0.3 is 0 Å². The van der Waals surface area contributed by atoms with Crippen molar-refractivity contribution in [2.75, 3.05) is 0 Å². The molecule has 0 fully saturated rings. The number of carbonyl (C=O) groups is 2. The van der Waals surface area contributed by atoms with Crippen molar-refractivity contribution in [2.45, 2.75) is 44.7 Å². The number of hydrogen-bond donors (Lipinski definition) is 2. The van der Waals surface area contributed by atoms with Crippen molar-refractivity contribution < 1.29 is 18.4 Å². The Labute approximate surface area is 218 Å². The number of rotatable bonds is 8. The third-order valence-corrected chi connectivity index (χ3v) is 6.75. The van der Waals surface area contributed by atoms with Crippen molar-refractivity contribution in [1.29, 1.82) is 0 Å². The lowest BCUT2D eigenvalue weighted by Gasteiger charge is -2.22. The molecule has 194 valence electrons. The Bertz CT molecular complexity index is 1480. The number of benzene rings is 2. The molecule has 1 aliphatic carbocycles. The van der Waals surface area contributed by atoms with Gasteiger partial charge in [-0.25, -0.2) is 13.8 Å². The highest BCUT2D eigenvalue weighted by atomic mass is 19.1. The van der Waals surface area contributed by atoms with E-state index in [1.54, 1.807) is 36.8 Å². The highest BCUT2D eigenvalue weighted by molar-refractivity contribution is 5.94. The maximum absolute atomic E-state index is 14.0. The minimum atomic E-state index is -0.712. The van der Waals surface area contributed by atoms with Gasteiger partial charge in [-0.2, -0.15) is 0 Å². The van der Waals surface area contributed by atoms with E-state index in [1.807, 2.05) is 16.7 Å². The van der Waals surface area contributed by atoms with Gasteiger partial charge in [0.05, 0.1) is 23.8 Å². The van der Waals surface area contributed by atoms with Gasteiger partial charge in [-0.1, -0.05) is 18.2 Å². The van der Waals surface area contributed by atoms with Crippen molar-refractivity contribution in [3.8, 4) is 11.1 Å². The number of halogens is 2. The Morgan fingerprint density at radius 2 is 1.79 bits per heavy atom. The standard InChI is InChI=1S/C29H27F2N5O2/c30-21-11-18(12-22(31)15-21)13-25(35-27(37)16-36-17-34-24-8-1-2-9-26(24)36)28-23(7-4-10-33-28)19-5-3-6-20(14-19)29(32)38/h3-7,10-12,14-15,17,25H,1-2,8-9,13,16H2,(H2,32,38)(H,35,37). The number of aromatic nitrogens is 3. The van der Waals surface area contributed by atoms with E-state index in [1.165, 1.54) is 12.1 Å². The first-order valence-corrected chi connectivity index (χ1v) is 12.5. The van der Waals surface area contributed by atoms with Gasteiger partial charge in [0.1, 0.15) is 18.2 Å². The summed E-state index contributed by atoms with van der Waals surface area (Å²) in [5.74, 6) is -2.25. The zero-order valence-corrected chi connectivity index (χ0v) is 20.7. The number of primary amides is 1. The molecule has 4 aromatic rings. The Balaban J connectivity index is 1.49. The second-order valence-electron chi connectivity index (χ2n) is 9.46. The fourth-order valence-electron chi connectivity index (χ4n) is 5.02. The number of nitrogens with one attached hydrogen (secondary N) is 1. The monoisotopic (exact) mass is 515 g/mol. The fourth-order valence-corrected chi connectivity index (χ4v) is 5.02. The van der Waals surface area contributed by atoms with Gasteiger partial charge < -0.3 is 15.6 Å². The van der Waals surface area contributed by atoms with Crippen LogP contribution in [0.1, 0.15) is 51.9 Å². The van der Waals surface area contributed by atoms with Crippen LogP contribution in [0.25, 0.3) is 11.1 Å². The second kappa shape index (κ2) is 10.9. The van der Waals surface area contributed by atoms with Gasteiger partial charge in [0.15, 0.2) is 0 Å². The molecule has 2 amide bonds. The quantitative estimate of drug-likeness (QED) is 0.365. The number of imidazole rings is 1. The summed E-state index contributed by atoms with van der Waals surface area (Å²) in [5.41, 5.74) is 10.1. The van der Waals surface area contributed by atoms with Crippen molar-refractivity contribution in [1.82, 2.24) is 19.9 Å². The third-order valence-electron chi connectivity index (χ3n) is 6.75. The number of hydrogen-bond acceptors (Lipinski definition) is 4. The number of nitrogens with zero attached hydrogens (tertiary/aromatic N) is 3. The molecule has 1 unspecified atom stereocenters. The average Bonchev–Trinajstić information content (AvgIpc) is 3.30. The highest BCUT2D eigenvalue weighted by Crippen LogP contribution is 2.30. The van der Waals surface area contributed by atoms with E-state index >= 15 is 0 Å². The molecule has 1 aliphatic rings. The summed E-state index contributed by atoms with van der Waals surface area (Å²) in [6.07, 6.45) is 7.29. The van der Waals surface area contributed by atoms with Gasteiger partial charge in [0.2, 0.25) is 11.8 Å². The fraction of sp³-hybridized carbons (Fsp3) is 0.241. The minimum absolute atomic E-state index is 0.0652. The Kier molecular flexibility index (Phi) is 7.26. The van der Waals surface area contributed by atoms with Crippen molar-refractivity contribution in [2.24, 2.45) is 5.73 Å². The minimum Gasteiger partial charge on any atom is -0.366 e. The zero-order valence-electron chi connectivity index (χ0n) is 20.7. The van der Waals surface area contributed by atoms with Crippen LogP contribution in [0.4, 0.5) is 8.78 Å². The van der Waals surface area contributed by atoms with Crippen LogP contribution in [0, 0.1) is 11.6 Å². The third kappa shape index (κ3) is 5.61. The van der Waals surface area contributed by atoms with Crippen LogP contribution in [0.15, 0.2) is 67.1 Å². The van der Waals surface area contributed by atoms with Gasteiger partial charge in [-0.3, -0.25) is 14.6 Å². The maximum Gasteiger partial charge on any atom is 0.248 e. The predicted octanol–water partition coefficient (Wildman–Crippen LogP) is 4.30. The molecule has 0 saturated carbocycles. The molecule has 2 aromatic heterocycles. The molecule has 38 heavy (non-hydrogen) atoms. The van der Waals surface area contributed by atoms with E-state index < -0.39 is 23.6 Å². The first kappa shape index (κ1) is 25.3. The molecule has 0 spiro atoms. The number of carbonyl (C=O) groups excluding carboxylic acids is 2. The highest BCUT2D eigenvalue weighted by Gasteiger charge is 2.23. The molecule has 1 atom stereocenters. The maximum atomic E-state index is 14.0. The summed E-state index contributed by atoms with van der Waals surface area (Å²) in [4.78, 5) is 34.1. The van der Waals surface area contributed by atoms with Crippen molar-refractivity contribution in [3.63, 3.8) is 0 Å². The first-order valence-electron chi connectivity index (χ1n) is 12.5. The largest absolute Gasteiger partial charge is 0.366 e. The van der Waals surface area contributed by atoms with Crippen LogP contribution >= 0.6 is 0 Å². The topological polar surface area (TPSA) is 103 Å². The number of fused-ring (bicyclic) bond motifs is 1. The number of amides is 2. The average molecular weight is 516 g/mol. The smallest absolute Gasteiger partial charge is 0.248 e. The molecule has 2 heterocycles. The van der Waals surface area contributed by atoms with E-state index in [4.69, 9.17) is 5.73 Å². The predicted molar refractivity (Wildman–Crippen MR) is 138 cm³/mol. The zero-order chi connectivity index (χ0) is 26.6.